The van der Waals surface area contributed by atoms with Gasteiger partial charge in [-0.25, -0.2) is 4.99 Å². The van der Waals surface area contributed by atoms with Crippen LogP contribution >= 0.6 is 0 Å². The minimum absolute atomic E-state index is 0.287. The van der Waals surface area contributed by atoms with Crippen molar-refractivity contribution in [3.8, 4) is 5.75 Å². The van der Waals surface area contributed by atoms with E-state index >= 15 is 0 Å². The van der Waals surface area contributed by atoms with Crippen molar-refractivity contribution < 1.29 is 4.74 Å². The number of guanidine groups is 2. The van der Waals surface area contributed by atoms with Crippen LogP contribution in [0, 0.1) is 0 Å². The predicted molar refractivity (Wildman–Crippen MR) is 109 cm³/mol. The summed E-state index contributed by atoms with van der Waals surface area (Å²) in [6, 6.07) is 17.9. The number of nitrogens with one attached hydrogen (secondary N) is 1. The van der Waals surface area contributed by atoms with Gasteiger partial charge in [0.2, 0.25) is 18.2 Å². The van der Waals surface area contributed by atoms with Crippen molar-refractivity contribution in [1.29, 1.82) is 0 Å². The van der Waals surface area contributed by atoms with E-state index in [1.54, 1.807) is 7.11 Å². The molecule has 0 radical (unpaired) electrons. The van der Waals surface area contributed by atoms with E-state index in [1.165, 1.54) is 0 Å². The van der Waals surface area contributed by atoms with Crippen LogP contribution in [0.4, 0.5) is 11.4 Å². The van der Waals surface area contributed by atoms with Crippen molar-refractivity contribution in [2.75, 3.05) is 30.4 Å². The Hall–Kier alpha value is -3.22. The number of likely N-dealkylation sites (tertiary alicyclic amines) is 1. The topological polar surface area (TPSA) is 78.5 Å². The molecular formula is C20H24N6O. The maximum Gasteiger partial charge on any atom is 0.222 e. The number of anilines is 2. The third-order valence-corrected chi connectivity index (χ3v) is 4.74. The van der Waals surface area contributed by atoms with Crippen molar-refractivity contribution in [2.45, 2.75) is 19.1 Å². The van der Waals surface area contributed by atoms with Gasteiger partial charge in [0.15, 0.2) is 0 Å². The Kier molecular flexibility index (Phi) is 4.82. The number of rotatable bonds is 4. The highest BCUT2D eigenvalue weighted by atomic mass is 16.5. The van der Waals surface area contributed by atoms with Gasteiger partial charge in [-0.3, -0.25) is 4.90 Å². The lowest BCUT2D eigenvalue weighted by molar-refractivity contribution is 0.415. The van der Waals surface area contributed by atoms with Crippen LogP contribution in [-0.4, -0.2) is 43.3 Å². The maximum atomic E-state index is 6.07. The first-order valence-electron chi connectivity index (χ1n) is 9.16. The van der Waals surface area contributed by atoms with Gasteiger partial charge in [-0.2, -0.15) is 4.99 Å². The lowest BCUT2D eigenvalue weighted by Crippen LogP contribution is -2.54. The van der Waals surface area contributed by atoms with E-state index in [0.29, 0.717) is 0 Å². The monoisotopic (exact) mass is 364 g/mol. The first-order chi connectivity index (χ1) is 13.2. The summed E-state index contributed by atoms with van der Waals surface area (Å²) in [5.41, 5.74) is 8.02. The van der Waals surface area contributed by atoms with Gasteiger partial charge in [-0.1, -0.05) is 18.2 Å². The molecule has 0 aromatic heterocycles. The molecule has 2 aliphatic rings. The van der Waals surface area contributed by atoms with Crippen molar-refractivity contribution in [3.63, 3.8) is 0 Å². The first-order valence-corrected chi connectivity index (χ1v) is 9.16. The first kappa shape index (κ1) is 17.2. The van der Waals surface area contributed by atoms with E-state index < -0.39 is 0 Å². The van der Waals surface area contributed by atoms with Gasteiger partial charge in [-0.15, -0.1) is 0 Å². The highest BCUT2D eigenvalue weighted by molar-refractivity contribution is 6.06. The Labute approximate surface area is 159 Å². The van der Waals surface area contributed by atoms with Crippen molar-refractivity contribution in [1.82, 2.24) is 4.90 Å². The largest absolute Gasteiger partial charge is 0.497 e. The third kappa shape index (κ3) is 3.67. The second kappa shape index (κ2) is 7.57. The summed E-state index contributed by atoms with van der Waals surface area (Å²) in [6.45, 7) is 1.95. The number of hydrogen-bond donors (Lipinski definition) is 2. The average Bonchev–Trinajstić information content (AvgIpc) is 3.23. The van der Waals surface area contributed by atoms with Gasteiger partial charge < -0.3 is 20.7 Å². The van der Waals surface area contributed by atoms with E-state index in [0.717, 1.165) is 49.0 Å². The molecule has 0 amide bonds. The van der Waals surface area contributed by atoms with Gasteiger partial charge in [-0.05, 0) is 49.2 Å². The summed E-state index contributed by atoms with van der Waals surface area (Å²) in [7, 11) is 1.66. The molecule has 2 aromatic rings. The average molecular weight is 364 g/mol. The van der Waals surface area contributed by atoms with Crippen LogP contribution in [0.3, 0.4) is 0 Å². The lowest BCUT2D eigenvalue weighted by atomic mass is 10.2. The van der Waals surface area contributed by atoms with Gasteiger partial charge in [0.25, 0.3) is 0 Å². The highest BCUT2D eigenvalue weighted by Crippen LogP contribution is 2.26. The smallest absolute Gasteiger partial charge is 0.222 e. The molecule has 27 heavy (non-hydrogen) atoms. The number of nitrogens with zero attached hydrogens (tertiary/aromatic N) is 4. The molecule has 1 unspecified atom stereocenters. The molecule has 2 heterocycles. The molecule has 3 N–H and O–H groups in total. The SMILES string of the molecule is COc1ccc(NC2N=C(N)N=C(N3CCCC3)N2c2ccccc2)cc1. The molecule has 140 valence electrons. The van der Waals surface area contributed by atoms with E-state index in [4.69, 9.17) is 10.5 Å². The van der Waals surface area contributed by atoms with Crippen molar-refractivity contribution in [2.24, 2.45) is 15.7 Å². The Morgan fingerprint density at radius 2 is 1.74 bits per heavy atom. The number of methoxy groups -OCH3 is 1. The molecule has 0 spiro atoms. The van der Waals surface area contributed by atoms with Crippen molar-refractivity contribution >= 4 is 23.3 Å². The third-order valence-electron chi connectivity index (χ3n) is 4.74. The Bertz CT molecular complexity index is 827. The quantitative estimate of drug-likeness (QED) is 0.872. The Morgan fingerprint density at radius 3 is 2.41 bits per heavy atom. The zero-order chi connectivity index (χ0) is 18.6. The van der Waals surface area contributed by atoms with Gasteiger partial charge in [0, 0.05) is 24.5 Å². The summed E-state index contributed by atoms with van der Waals surface area (Å²) in [5, 5.41) is 3.46. The molecule has 7 nitrogen and oxygen atoms in total. The molecule has 2 aliphatic heterocycles. The molecule has 2 aromatic carbocycles. The summed E-state index contributed by atoms with van der Waals surface area (Å²) in [6.07, 6.45) is 1.94. The van der Waals surface area contributed by atoms with E-state index in [1.807, 2.05) is 42.5 Å². The van der Waals surface area contributed by atoms with Crippen LogP contribution in [0.5, 0.6) is 5.75 Å². The van der Waals surface area contributed by atoms with Crippen molar-refractivity contribution in [3.05, 3.63) is 54.6 Å². The maximum absolute atomic E-state index is 6.07. The Balaban J connectivity index is 1.68. The number of benzene rings is 2. The van der Waals surface area contributed by atoms with Crippen LogP contribution in [0.1, 0.15) is 12.8 Å². The van der Waals surface area contributed by atoms with Gasteiger partial charge >= 0.3 is 0 Å². The number of ether oxygens (including phenoxy) is 1. The number of aliphatic imine (C=N–C) groups is 2. The predicted octanol–water partition coefficient (Wildman–Crippen LogP) is 2.68. The molecular weight excluding hydrogens is 340 g/mol. The van der Waals surface area contributed by atoms with Gasteiger partial charge in [0.1, 0.15) is 5.75 Å². The summed E-state index contributed by atoms with van der Waals surface area (Å²) in [5.74, 6) is 1.94. The molecule has 1 saturated heterocycles. The molecule has 0 aliphatic carbocycles. The lowest BCUT2D eigenvalue weighted by Gasteiger charge is -2.38. The molecule has 1 atom stereocenters. The van der Waals surface area contributed by atoms with E-state index in [9.17, 15) is 0 Å². The molecule has 7 heteroatoms. The fourth-order valence-electron chi connectivity index (χ4n) is 3.40. The fraction of sp³-hybridized carbons (Fsp3) is 0.300. The van der Waals surface area contributed by atoms with Crippen LogP contribution in [0.25, 0.3) is 0 Å². The van der Waals surface area contributed by atoms with Crippen LogP contribution in [0.15, 0.2) is 64.6 Å². The summed E-state index contributed by atoms with van der Waals surface area (Å²) < 4.78 is 5.24. The zero-order valence-electron chi connectivity index (χ0n) is 15.4. The second-order valence-electron chi connectivity index (χ2n) is 6.55. The molecule has 0 saturated carbocycles. The number of hydrogen-bond acceptors (Lipinski definition) is 7. The minimum Gasteiger partial charge on any atom is -0.497 e. The standard InChI is InChI=1S/C20H24N6O/c1-27-17-11-9-15(10-12-17)22-19-23-18(21)24-20(25-13-5-6-14-25)26(19)16-7-3-2-4-8-16/h2-4,7-12,19,22H,5-6,13-14H2,1H3,(H2,21,23). The number of nitrogens with two attached hydrogens (primary N) is 1. The zero-order valence-corrected chi connectivity index (χ0v) is 15.4. The molecule has 1 fully saturated rings. The minimum atomic E-state index is -0.381. The molecule has 4 rings (SSSR count). The Morgan fingerprint density at radius 1 is 1.04 bits per heavy atom. The fourth-order valence-corrected chi connectivity index (χ4v) is 3.40. The summed E-state index contributed by atoms with van der Waals surface area (Å²) >= 11 is 0. The van der Waals surface area contributed by atoms with E-state index in [2.05, 4.69) is 37.2 Å². The van der Waals surface area contributed by atoms with Crippen LogP contribution in [0.2, 0.25) is 0 Å². The van der Waals surface area contributed by atoms with E-state index in [-0.39, 0.29) is 12.2 Å². The summed E-state index contributed by atoms with van der Waals surface area (Å²) in [4.78, 5) is 13.5. The van der Waals surface area contributed by atoms with Crippen LogP contribution in [-0.2, 0) is 0 Å². The molecule has 0 bridgehead atoms. The highest BCUT2D eigenvalue weighted by Gasteiger charge is 2.32. The van der Waals surface area contributed by atoms with Gasteiger partial charge in [0.05, 0.1) is 7.11 Å². The van der Waals surface area contributed by atoms with Crippen LogP contribution < -0.4 is 20.7 Å². The number of para-hydroxylation sites is 1. The second-order valence-corrected chi connectivity index (χ2v) is 6.55. The normalized spacial score (nSPS) is 19.5.